The van der Waals surface area contributed by atoms with Gasteiger partial charge in [-0.1, -0.05) is 17.7 Å². The van der Waals surface area contributed by atoms with Gasteiger partial charge in [-0.3, -0.25) is 14.5 Å². The lowest BCUT2D eigenvalue weighted by Crippen LogP contribution is -2.44. The highest BCUT2D eigenvalue weighted by Crippen LogP contribution is 2.14. The summed E-state index contributed by atoms with van der Waals surface area (Å²) in [5.41, 5.74) is 2.81. The monoisotopic (exact) mass is 402 g/mol. The molecule has 0 spiro atoms. The number of rotatable bonds is 7. The molecule has 8 heteroatoms. The number of benzene rings is 1. The molecule has 1 aromatic heterocycles. The smallest absolute Gasteiger partial charge is 0.236 e. The number of nitrogens with zero attached hydrogens (tertiary/aromatic N) is 3. The molecule has 0 aliphatic carbocycles. The van der Waals surface area contributed by atoms with E-state index in [4.69, 9.17) is 4.74 Å². The second kappa shape index (κ2) is 9.77. The number of anilines is 1. The number of nitrogens with one attached hydrogen (secondary N) is 1. The van der Waals surface area contributed by atoms with E-state index in [1.165, 1.54) is 11.3 Å². The van der Waals surface area contributed by atoms with Crippen LogP contribution in [0.15, 0.2) is 29.6 Å². The van der Waals surface area contributed by atoms with E-state index in [0.29, 0.717) is 39.4 Å². The summed E-state index contributed by atoms with van der Waals surface area (Å²) in [5, 5.41) is 5.61. The summed E-state index contributed by atoms with van der Waals surface area (Å²) in [5.74, 6) is 0.0272. The molecule has 2 amide bonds. The topological polar surface area (TPSA) is 74.8 Å². The number of morpholine rings is 1. The van der Waals surface area contributed by atoms with E-state index in [-0.39, 0.29) is 18.2 Å². The second-order valence-electron chi connectivity index (χ2n) is 6.99. The molecule has 1 saturated heterocycles. The molecule has 0 radical (unpaired) electrons. The molecule has 150 valence electrons. The zero-order valence-electron chi connectivity index (χ0n) is 16.3. The van der Waals surface area contributed by atoms with Crippen molar-refractivity contribution in [3.8, 4) is 0 Å². The molecule has 0 atom stereocenters. The molecule has 2 aromatic rings. The summed E-state index contributed by atoms with van der Waals surface area (Å²) in [6.45, 7) is 5.46. The summed E-state index contributed by atoms with van der Waals surface area (Å²) in [7, 11) is 1.90. The molecular weight excluding hydrogens is 376 g/mol. The molecule has 2 heterocycles. The van der Waals surface area contributed by atoms with Crippen LogP contribution in [0, 0.1) is 6.92 Å². The Labute approximate surface area is 169 Å². The molecule has 1 fully saturated rings. The van der Waals surface area contributed by atoms with Gasteiger partial charge in [-0.2, -0.15) is 0 Å². The minimum atomic E-state index is -0.0828. The van der Waals surface area contributed by atoms with Gasteiger partial charge in [-0.25, -0.2) is 4.98 Å². The van der Waals surface area contributed by atoms with Crippen molar-refractivity contribution in [3.05, 3.63) is 45.9 Å². The first-order valence-corrected chi connectivity index (χ1v) is 10.2. The van der Waals surface area contributed by atoms with E-state index in [1.54, 1.807) is 0 Å². The van der Waals surface area contributed by atoms with Crippen LogP contribution in [0.2, 0.25) is 0 Å². The highest BCUT2D eigenvalue weighted by Gasteiger charge is 2.18. The lowest BCUT2D eigenvalue weighted by molar-refractivity contribution is -0.136. The van der Waals surface area contributed by atoms with Gasteiger partial charge in [0.15, 0.2) is 0 Å². The first-order valence-electron chi connectivity index (χ1n) is 9.33. The Hall–Kier alpha value is -2.29. The van der Waals surface area contributed by atoms with Crippen LogP contribution >= 0.6 is 11.3 Å². The van der Waals surface area contributed by atoms with Gasteiger partial charge >= 0.3 is 0 Å². The van der Waals surface area contributed by atoms with Gasteiger partial charge in [0.2, 0.25) is 11.8 Å². The fourth-order valence-corrected chi connectivity index (χ4v) is 3.74. The summed E-state index contributed by atoms with van der Waals surface area (Å²) in [4.78, 5) is 32.8. The van der Waals surface area contributed by atoms with Gasteiger partial charge in [0.05, 0.1) is 31.9 Å². The third-order valence-corrected chi connectivity index (χ3v) is 5.34. The number of aryl methyl sites for hydroxylation is 1. The molecule has 0 unspecified atom stereocenters. The summed E-state index contributed by atoms with van der Waals surface area (Å²) in [6, 6.07) is 7.71. The zero-order valence-corrected chi connectivity index (χ0v) is 17.1. The first kappa shape index (κ1) is 20.4. The Bertz CT molecular complexity index is 800. The van der Waals surface area contributed by atoms with Crippen LogP contribution in [-0.2, 0) is 27.3 Å². The van der Waals surface area contributed by atoms with Gasteiger partial charge in [-0.05, 0) is 26.1 Å². The molecule has 0 saturated carbocycles. The molecule has 0 bridgehead atoms. The van der Waals surface area contributed by atoms with Crippen LogP contribution in [0.5, 0.6) is 0 Å². The number of hydrogen-bond acceptors (Lipinski definition) is 6. The average molecular weight is 403 g/mol. The lowest BCUT2D eigenvalue weighted by atomic mass is 10.2. The quantitative estimate of drug-likeness (QED) is 0.766. The van der Waals surface area contributed by atoms with E-state index in [9.17, 15) is 9.59 Å². The first-order chi connectivity index (χ1) is 13.5. The highest BCUT2D eigenvalue weighted by atomic mass is 32.1. The third-order valence-electron chi connectivity index (χ3n) is 4.45. The predicted molar refractivity (Wildman–Crippen MR) is 109 cm³/mol. The number of aromatic nitrogens is 1. The molecule has 1 N–H and O–H groups in total. The highest BCUT2D eigenvalue weighted by molar-refractivity contribution is 7.09. The van der Waals surface area contributed by atoms with Crippen molar-refractivity contribution in [1.29, 1.82) is 0 Å². The van der Waals surface area contributed by atoms with E-state index < -0.39 is 0 Å². The van der Waals surface area contributed by atoms with Gasteiger partial charge in [0.1, 0.15) is 5.01 Å². The SMILES string of the molecule is Cc1ccc(NC(=O)Cc2nc(CN(C)CC(=O)N3CCOCC3)cs2)cc1. The average Bonchev–Trinajstić information content (AvgIpc) is 3.10. The Kier molecular flexibility index (Phi) is 7.13. The van der Waals surface area contributed by atoms with Gasteiger partial charge in [0, 0.05) is 30.7 Å². The number of hydrogen-bond donors (Lipinski definition) is 1. The van der Waals surface area contributed by atoms with Crippen LogP contribution in [0.3, 0.4) is 0 Å². The molecule has 1 aliphatic rings. The van der Waals surface area contributed by atoms with Crippen LogP contribution in [0.4, 0.5) is 5.69 Å². The molecule has 3 rings (SSSR count). The van der Waals surface area contributed by atoms with Crippen LogP contribution in [0.1, 0.15) is 16.3 Å². The minimum Gasteiger partial charge on any atom is -0.378 e. The normalized spacial score (nSPS) is 14.3. The van der Waals surface area contributed by atoms with E-state index >= 15 is 0 Å². The molecule has 1 aliphatic heterocycles. The summed E-state index contributed by atoms with van der Waals surface area (Å²) < 4.78 is 5.28. The van der Waals surface area contributed by atoms with Gasteiger partial charge < -0.3 is 15.0 Å². The number of carbonyl (C=O) groups is 2. The molecule has 7 nitrogen and oxygen atoms in total. The van der Waals surface area contributed by atoms with Crippen molar-refractivity contribution >= 4 is 28.8 Å². The number of amides is 2. The maximum atomic E-state index is 12.3. The van der Waals surface area contributed by atoms with Crippen LogP contribution in [-0.4, -0.2) is 66.5 Å². The van der Waals surface area contributed by atoms with Crippen molar-refractivity contribution in [2.45, 2.75) is 19.9 Å². The molecule has 1 aromatic carbocycles. The van der Waals surface area contributed by atoms with Crippen LogP contribution < -0.4 is 5.32 Å². The Morgan fingerprint density at radius 1 is 1.25 bits per heavy atom. The lowest BCUT2D eigenvalue weighted by Gasteiger charge is -2.28. The van der Waals surface area contributed by atoms with Crippen molar-refractivity contribution < 1.29 is 14.3 Å². The van der Waals surface area contributed by atoms with E-state index in [1.807, 2.05) is 53.4 Å². The second-order valence-corrected chi connectivity index (χ2v) is 7.93. The van der Waals surface area contributed by atoms with E-state index in [2.05, 4.69) is 10.3 Å². The Balaban J connectivity index is 1.45. The Morgan fingerprint density at radius 3 is 2.68 bits per heavy atom. The predicted octanol–water partition coefficient (Wildman–Crippen LogP) is 1.92. The molecule has 28 heavy (non-hydrogen) atoms. The van der Waals surface area contributed by atoms with Crippen molar-refractivity contribution in [2.75, 3.05) is 45.2 Å². The van der Waals surface area contributed by atoms with Crippen LogP contribution in [0.25, 0.3) is 0 Å². The maximum Gasteiger partial charge on any atom is 0.236 e. The number of carbonyl (C=O) groups excluding carboxylic acids is 2. The van der Waals surface area contributed by atoms with Crippen molar-refractivity contribution in [2.24, 2.45) is 0 Å². The third kappa shape index (κ3) is 6.12. The minimum absolute atomic E-state index is 0.0828. The van der Waals surface area contributed by atoms with Gasteiger partial charge in [-0.15, -0.1) is 11.3 Å². The van der Waals surface area contributed by atoms with Crippen molar-refractivity contribution in [3.63, 3.8) is 0 Å². The zero-order chi connectivity index (χ0) is 19.9. The Morgan fingerprint density at radius 2 is 1.96 bits per heavy atom. The fraction of sp³-hybridized carbons (Fsp3) is 0.450. The molecular formula is C20H26N4O3S. The number of thiazole rings is 1. The number of ether oxygens (including phenoxy) is 1. The largest absolute Gasteiger partial charge is 0.378 e. The number of likely N-dealkylation sites (N-methyl/N-ethyl adjacent to an activating group) is 1. The standard InChI is InChI=1S/C20H26N4O3S/c1-15-3-5-16(6-4-15)21-18(25)11-19-22-17(14-28-19)12-23(2)13-20(26)24-7-9-27-10-8-24/h3-6,14H,7-13H2,1-2H3,(H,21,25). The van der Waals surface area contributed by atoms with Gasteiger partial charge in [0.25, 0.3) is 0 Å². The summed E-state index contributed by atoms with van der Waals surface area (Å²) >= 11 is 1.47. The van der Waals surface area contributed by atoms with E-state index in [0.717, 1.165) is 22.0 Å². The maximum absolute atomic E-state index is 12.3. The summed E-state index contributed by atoms with van der Waals surface area (Å²) in [6.07, 6.45) is 0.245. The van der Waals surface area contributed by atoms with Crippen molar-refractivity contribution in [1.82, 2.24) is 14.8 Å². The fourth-order valence-electron chi connectivity index (χ4n) is 2.96.